The number of nitrogens with zero attached hydrogens (tertiary/aromatic N) is 1. The van der Waals surface area contributed by atoms with Gasteiger partial charge in [-0.3, -0.25) is 0 Å². The highest BCUT2D eigenvalue weighted by molar-refractivity contribution is 6.31. The summed E-state index contributed by atoms with van der Waals surface area (Å²) in [6.45, 7) is 1.94. The van der Waals surface area contributed by atoms with E-state index in [-0.39, 0.29) is 10.6 Å². The molecule has 2 nitrogen and oxygen atoms in total. The van der Waals surface area contributed by atoms with Crippen molar-refractivity contribution in [1.29, 1.82) is 0 Å². The van der Waals surface area contributed by atoms with Crippen LogP contribution in [0.3, 0.4) is 0 Å². The zero-order chi connectivity index (χ0) is 16.4. The van der Waals surface area contributed by atoms with Crippen LogP contribution in [0.4, 0.5) is 13.2 Å². The van der Waals surface area contributed by atoms with Gasteiger partial charge in [0.2, 0.25) is 0 Å². The molecule has 6 heteroatoms. The van der Waals surface area contributed by atoms with Crippen molar-refractivity contribution < 1.29 is 13.2 Å². The molecule has 1 saturated heterocycles. The Morgan fingerprint density at radius 3 is 2.55 bits per heavy atom. The monoisotopic (exact) mass is 334 g/mol. The SMILES string of the molecule is CN(C)[C@]1(CCc2ccc(C(F)(F)F)c(Cl)c2)CCCNC1. The van der Waals surface area contributed by atoms with E-state index in [0.29, 0.717) is 0 Å². The van der Waals surface area contributed by atoms with Gasteiger partial charge in [-0.1, -0.05) is 17.7 Å². The molecule has 1 aliphatic rings. The van der Waals surface area contributed by atoms with Crippen molar-refractivity contribution in [1.82, 2.24) is 10.2 Å². The predicted octanol–water partition coefficient (Wildman–Crippen LogP) is 3.98. The Labute approximate surface area is 134 Å². The number of aryl methyl sites for hydroxylation is 1. The molecule has 1 aromatic rings. The molecule has 0 unspecified atom stereocenters. The second kappa shape index (κ2) is 6.77. The van der Waals surface area contributed by atoms with Gasteiger partial charge in [0.05, 0.1) is 10.6 Å². The second-order valence-electron chi connectivity index (χ2n) is 6.21. The maximum absolute atomic E-state index is 12.7. The van der Waals surface area contributed by atoms with E-state index in [9.17, 15) is 13.2 Å². The van der Waals surface area contributed by atoms with Crippen molar-refractivity contribution in [3.05, 3.63) is 34.3 Å². The lowest BCUT2D eigenvalue weighted by atomic mass is 9.83. The average Bonchev–Trinajstić information content (AvgIpc) is 2.44. The molecule has 1 aliphatic heterocycles. The van der Waals surface area contributed by atoms with Gasteiger partial charge < -0.3 is 10.2 Å². The van der Waals surface area contributed by atoms with E-state index < -0.39 is 11.7 Å². The highest BCUT2D eigenvalue weighted by atomic mass is 35.5. The van der Waals surface area contributed by atoms with Crippen molar-refractivity contribution in [2.45, 2.75) is 37.4 Å². The van der Waals surface area contributed by atoms with Gasteiger partial charge in [-0.05, 0) is 64.0 Å². The number of likely N-dealkylation sites (N-methyl/N-ethyl adjacent to an activating group) is 1. The lowest BCUT2D eigenvalue weighted by molar-refractivity contribution is -0.137. The molecule has 1 aromatic carbocycles. The van der Waals surface area contributed by atoms with Crippen LogP contribution in [-0.2, 0) is 12.6 Å². The summed E-state index contributed by atoms with van der Waals surface area (Å²) in [6.07, 6.45) is -0.562. The molecule has 1 fully saturated rings. The summed E-state index contributed by atoms with van der Waals surface area (Å²) in [4.78, 5) is 2.23. The van der Waals surface area contributed by atoms with E-state index in [1.807, 2.05) is 0 Å². The summed E-state index contributed by atoms with van der Waals surface area (Å²) < 4.78 is 38.2. The normalized spacial score (nSPS) is 23.0. The van der Waals surface area contributed by atoms with E-state index in [4.69, 9.17) is 11.6 Å². The van der Waals surface area contributed by atoms with Gasteiger partial charge in [-0.25, -0.2) is 0 Å². The molecular formula is C16H22ClF3N2. The van der Waals surface area contributed by atoms with Crippen molar-refractivity contribution in [3.63, 3.8) is 0 Å². The topological polar surface area (TPSA) is 15.3 Å². The molecule has 0 radical (unpaired) electrons. The Kier molecular flexibility index (Phi) is 5.41. The first kappa shape index (κ1) is 17.6. The van der Waals surface area contributed by atoms with Crippen LogP contribution >= 0.6 is 11.6 Å². The number of benzene rings is 1. The van der Waals surface area contributed by atoms with Crippen LogP contribution in [0, 0.1) is 0 Å². The minimum Gasteiger partial charge on any atom is -0.315 e. The van der Waals surface area contributed by atoms with Gasteiger partial charge in [0, 0.05) is 12.1 Å². The van der Waals surface area contributed by atoms with Crippen molar-refractivity contribution in [3.8, 4) is 0 Å². The van der Waals surface area contributed by atoms with E-state index in [2.05, 4.69) is 24.3 Å². The van der Waals surface area contributed by atoms with Crippen LogP contribution in [0.15, 0.2) is 18.2 Å². The molecule has 2 rings (SSSR count). The highest BCUT2D eigenvalue weighted by Gasteiger charge is 2.35. The molecule has 0 amide bonds. The summed E-state index contributed by atoms with van der Waals surface area (Å²) in [5, 5.41) is 3.20. The fourth-order valence-corrected chi connectivity index (χ4v) is 3.40. The number of piperidine rings is 1. The highest BCUT2D eigenvalue weighted by Crippen LogP contribution is 2.35. The molecule has 0 saturated carbocycles. The maximum atomic E-state index is 12.7. The first-order valence-electron chi connectivity index (χ1n) is 7.48. The number of hydrogen-bond donors (Lipinski definition) is 1. The fourth-order valence-electron chi connectivity index (χ4n) is 3.09. The molecular weight excluding hydrogens is 313 g/mol. The average molecular weight is 335 g/mol. The molecule has 0 aromatic heterocycles. The number of rotatable bonds is 4. The van der Waals surface area contributed by atoms with Crippen LogP contribution in [0.5, 0.6) is 0 Å². The minimum absolute atomic E-state index is 0.0629. The van der Waals surface area contributed by atoms with Crippen molar-refractivity contribution in [2.75, 3.05) is 27.2 Å². The fraction of sp³-hybridized carbons (Fsp3) is 0.625. The van der Waals surface area contributed by atoms with E-state index >= 15 is 0 Å². The third-order valence-corrected chi connectivity index (χ3v) is 4.93. The molecule has 124 valence electrons. The van der Waals surface area contributed by atoms with Crippen LogP contribution in [0.1, 0.15) is 30.4 Å². The lowest BCUT2D eigenvalue weighted by Crippen LogP contribution is -2.55. The van der Waals surface area contributed by atoms with Gasteiger partial charge in [-0.15, -0.1) is 0 Å². The summed E-state index contributed by atoms with van der Waals surface area (Å²) in [5.41, 5.74) is 0.150. The number of alkyl halides is 3. The Morgan fingerprint density at radius 1 is 1.32 bits per heavy atom. The molecule has 0 aliphatic carbocycles. The van der Waals surface area contributed by atoms with Crippen LogP contribution in [-0.4, -0.2) is 37.6 Å². The first-order chi connectivity index (χ1) is 10.2. The van der Waals surface area contributed by atoms with Crippen LogP contribution in [0.2, 0.25) is 5.02 Å². The van der Waals surface area contributed by atoms with Gasteiger partial charge in [-0.2, -0.15) is 13.2 Å². The Bertz CT molecular complexity index is 509. The van der Waals surface area contributed by atoms with Gasteiger partial charge in [0.25, 0.3) is 0 Å². The largest absolute Gasteiger partial charge is 0.417 e. The Balaban J connectivity index is 2.09. The van der Waals surface area contributed by atoms with Crippen molar-refractivity contribution >= 4 is 11.6 Å². The maximum Gasteiger partial charge on any atom is 0.417 e. The minimum atomic E-state index is -4.40. The molecule has 1 heterocycles. The van der Waals surface area contributed by atoms with Gasteiger partial charge in [0.15, 0.2) is 0 Å². The third kappa shape index (κ3) is 3.94. The quantitative estimate of drug-likeness (QED) is 0.896. The Morgan fingerprint density at radius 2 is 2.05 bits per heavy atom. The molecule has 0 bridgehead atoms. The Hall–Kier alpha value is -0.780. The van der Waals surface area contributed by atoms with Gasteiger partial charge in [0.1, 0.15) is 0 Å². The van der Waals surface area contributed by atoms with E-state index in [1.165, 1.54) is 12.1 Å². The molecule has 0 spiro atoms. The third-order valence-electron chi connectivity index (χ3n) is 4.62. The summed E-state index contributed by atoms with van der Waals surface area (Å²) in [5.74, 6) is 0. The lowest BCUT2D eigenvalue weighted by Gasteiger charge is -2.43. The number of hydrogen-bond acceptors (Lipinski definition) is 2. The van der Waals surface area contributed by atoms with Crippen molar-refractivity contribution in [2.24, 2.45) is 0 Å². The first-order valence-corrected chi connectivity index (χ1v) is 7.86. The smallest absolute Gasteiger partial charge is 0.315 e. The number of halogens is 4. The summed E-state index contributed by atoms with van der Waals surface area (Å²) >= 11 is 5.79. The second-order valence-corrected chi connectivity index (χ2v) is 6.62. The van der Waals surface area contributed by atoms with E-state index in [0.717, 1.165) is 50.4 Å². The molecule has 1 atom stereocenters. The van der Waals surface area contributed by atoms with Crippen LogP contribution < -0.4 is 5.32 Å². The molecule has 1 N–H and O–H groups in total. The van der Waals surface area contributed by atoms with E-state index in [1.54, 1.807) is 0 Å². The molecule has 22 heavy (non-hydrogen) atoms. The zero-order valence-corrected chi connectivity index (χ0v) is 13.7. The van der Waals surface area contributed by atoms with Crippen LogP contribution in [0.25, 0.3) is 0 Å². The predicted molar refractivity (Wildman–Crippen MR) is 83.3 cm³/mol. The summed E-state index contributed by atoms with van der Waals surface area (Å²) in [7, 11) is 4.12. The number of nitrogens with one attached hydrogen (secondary N) is 1. The standard InChI is InChI=1S/C16H22ClF3N2/c1-22(2)15(7-3-9-21-11-15)8-6-12-4-5-13(14(17)10-12)16(18,19)20/h4-5,10,21H,3,6-9,11H2,1-2H3/t15-/m0/s1. The zero-order valence-electron chi connectivity index (χ0n) is 12.9. The summed E-state index contributed by atoms with van der Waals surface area (Å²) in [6, 6.07) is 4.07. The van der Waals surface area contributed by atoms with Gasteiger partial charge >= 0.3 is 6.18 Å².